The van der Waals surface area contributed by atoms with E-state index in [2.05, 4.69) is 38.3 Å². The molecule has 37 heavy (non-hydrogen) atoms. The highest BCUT2D eigenvalue weighted by Crippen LogP contribution is 2.40. The van der Waals surface area contributed by atoms with E-state index in [-0.39, 0.29) is 0 Å². The van der Waals surface area contributed by atoms with Crippen LogP contribution in [0.25, 0.3) is 27.9 Å². The molecule has 1 fully saturated rings. The van der Waals surface area contributed by atoms with Crippen LogP contribution >= 0.6 is 0 Å². The van der Waals surface area contributed by atoms with Crippen molar-refractivity contribution in [2.45, 2.75) is 19.8 Å². The van der Waals surface area contributed by atoms with Gasteiger partial charge in [0.25, 0.3) is 5.88 Å². The minimum absolute atomic E-state index is 0.491. The minimum Gasteiger partial charge on any atom is -0.491 e. The van der Waals surface area contributed by atoms with E-state index in [1.807, 2.05) is 36.5 Å². The lowest BCUT2D eigenvalue weighted by atomic mass is 9.97. The molecule has 1 saturated heterocycles. The van der Waals surface area contributed by atoms with E-state index in [1.54, 1.807) is 12.5 Å². The van der Waals surface area contributed by atoms with Crippen LogP contribution in [0, 0.1) is 17.2 Å². The molecule has 0 saturated carbocycles. The molecule has 0 aliphatic carbocycles. The Hall–Kier alpha value is -4.09. The first-order valence-corrected chi connectivity index (χ1v) is 12.8. The zero-order valence-corrected chi connectivity index (χ0v) is 20.9. The monoisotopic (exact) mass is 495 g/mol. The van der Waals surface area contributed by atoms with Gasteiger partial charge in [-0.1, -0.05) is 19.1 Å². The van der Waals surface area contributed by atoms with E-state index in [9.17, 15) is 5.26 Å². The van der Waals surface area contributed by atoms with Gasteiger partial charge in [0.05, 0.1) is 36.5 Å². The normalized spacial score (nSPS) is 17.5. The summed E-state index contributed by atoms with van der Waals surface area (Å²) in [6.07, 6.45) is 7.83. The number of benzene rings is 1. The van der Waals surface area contributed by atoms with Crippen LogP contribution in [0.3, 0.4) is 0 Å². The first-order chi connectivity index (χ1) is 18.2. The summed E-state index contributed by atoms with van der Waals surface area (Å²) in [5, 5.41) is 9.31. The van der Waals surface area contributed by atoms with Crippen molar-refractivity contribution in [1.82, 2.24) is 19.3 Å². The molecule has 188 valence electrons. The van der Waals surface area contributed by atoms with Crippen molar-refractivity contribution >= 4 is 5.52 Å². The summed E-state index contributed by atoms with van der Waals surface area (Å²) in [7, 11) is 0. The molecule has 2 aliphatic rings. The average molecular weight is 496 g/mol. The molecule has 5 heterocycles. The number of nitriles is 1. The molecular formula is C29H29N5O3. The molecule has 1 aromatic carbocycles. The number of nitrogens with zero attached hydrogens (tertiary/aromatic N) is 5. The topological polar surface area (TPSA) is 84.9 Å². The lowest BCUT2D eigenvalue weighted by Gasteiger charge is -2.31. The molecule has 3 aromatic heterocycles. The molecule has 0 amide bonds. The lowest BCUT2D eigenvalue weighted by Crippen LogP contribution is -2.37. The van der Waals surface area contributed by atoms with Crippen LogP contribution in [0.4, 0.5) is 0 Å². The average Bonchev–Trinajstić information content (AvgIpc) is 3.45. The maximum Gasteiger partial charge on any atom is 0.257 e. The number of fused-ring (bicyclic) bond motifs is 2. The van der Waals surface area contributed by atoms with E-state index in [4.69, 9.17) is 14.2 Å². The first-order valence-electron chi connectivity index (χ1n) is 12.8. The maximum absolute atomic E-state index is 9.31. The number of ether oxygens (including phenoxy) is 3. The molecule has 1 atom stereocenters. The number of rotatable bonds is 6. The Kier molecular flexibility index (Phi) is 6.37. The summed E-state index contributed by atoms with van der Waals surface area (Å²) in [6.45, 7) is 7.17. The van der Waals surface area contributed by atoms with Crippen LogP contribution in [0.15, 0.2) is 55.1 Å². The molecule has 0 spiro atoms. The van der Waals surface area contributed by atoms with Crippen molar-refractivity contribution in [3.8, 4) is 45.8 Å². The third-order valence-electron chi connectivity index (χ3n) is 7.18. The van der Waals surface area contributed by atoms with Gasteiger partial charge in [0, 0.05) is 29.8 Å². The number of hydrogen-bond donors (Lipinski definition) is 0. The van der Waals surface area contributed by atoms with Gasteiger partial charge in [0.1, 0.15) is 24.5 Å². The molecular weight excluding hydrogens is 466 g/mol. The number of likely N-dealkylation sites (tertiary alicyclic amines) is 1. The van der Waals surface area contributed by atoms with Gasteiger partial charge >= 0.3 is 0 Å². The quantitative estimate of drug-likeness (QED) is 0.379. The van der Waals surface area contributed by atoms with Crippen LogP contribution in [0.2, 0.25) is 0 Å². The van der Waals surface area contributed by atoms with Gasteiger partial charge < -0.3 is 19.1 Å². The summed E-state index contributed by atoms with van der Waals surface area (Å²) >= 11 is 0. The van der Waals surface area contributed by atoms with Gasteiger partial charge in [-0.2, -0.15) is 5.26 Å². The second-order valence-electron chi connectivity index (χ2n) is 9.55. The SMILES string of the molecule is CCN1CCCC(COc2cc(-c3ccc(C#N)cc3)c(-c3cnc4c(c3)OCCO4)n3cncc23)C1. The fraction of sp³-hybridized carbons (Fsp3) is 0.345. The smallest absolute Gasteiger partial charge is 0.257 e. The Morgan fingerprint density at radius 2 is 1.97 bits per heavy atom. The van der Waals surface area contributed by atoms with E-state index in [0.29, 0.717) is 42.9 Å². The highest BCUT2D eigenvalue weighted by Gasteiger charge is 2.23. The lowest BCUT2D eigenvalue weighted by molar-refractivity contribution is 0.135. The summed E-state index contributed by atoms with van der Waals surface area (Å²) in [5.41, 5.74) is 5.24. The zero-order chi connectivity index (χ0) is 25.2. The van der Waals surface area contributed by atoms with Crippen LogP contribution in [-0.4, -0.2) is 58.7 Å². The Bertz CT molecular complexity index is 1460. The predicted octanol–water partition coefficient (Wildman–Crippen LogP) is 4.82. The second kappa shape index (κ2) is 10.1. The number of hydrogen-bond acceptors (Lipinski definition) is 7. The van der Waals surface area contributed by atoms with Crippen molar-refractivity contribution < 1.29 is 14.2 Å². The molecule has 0 bridgehead atoms. The van der Waals surface area contributed by atoms with Crippen molar-refractivity contribution in [2.24, 2.45) is 5.92 Å². The Morgan fingerprint density at radius 3 is 2.81 bits per heavy atom. The summed E-state index contributed by atoms with van der Waals surface area (Å²) in [4.78, 5) is 11.5. The number of imidazole rings is 1. The fourth-order valence-electron chi connectivity index (χ4n) is 5.26. The Balaban J connectivity index is 1.44. The standard InChI is InChI=1S/C29H29N5O3/c1-2-33-9-3-4-21(17-33)18-37-26-13-24(22-7-5-20(14-30)6-8-22)28(34-19-31-16-25(26)34)23-12-27-29(32-15-23)36-11-10-35-27/h5-8,12-13,15-16,19,21H,2-4,9-11,17-18H2,1H3. The fourth-order valence-corrected chi connectivity index (χ4v) is 5.26. The molecule has 0 radical (unpaired) electrons. The van der Waals surface area contributed by atoms with Gasteiger partial charge in [-0.3, -0.25) is 4.40 Å². The molecule has 6 rings (SSSR count). The Labute approximate surface area is 216 Å². The highest BCUT2D eigenvalue weighted by atomic mass is 16.6. The molecule has 1 unspecified atom stereocenters. The highest BCUT2D eigenvalue weighted by molar-refractivity contribution is 5.86. The van der Waals surface area contributed by atoms with Gasteiger partial charge in [-0.15, -0.1) is 0 Å². The van der Waals surface area contributed by atoms with Crippen molar-refractivity contribution in [3.63, 3.8) is 0 Å². The molecule has 0 N–H and O–H groups in total. The Morgan fingerprint density at radius 1 is 1.11 bits per heavy atom. The van der Waals surface area contributed by atoms with E-state index < -0.39 is 0 Å². The number of pyridine rings is 2. The van der Waals surface area contributed by atoms with Crippen molar-refractivity contribution in [3.05, 3.63) is 60.7 Å². The minimum atomic E-state index is 0.491. The third kappa shape index (κ3) is 4.58. The van der Waals surface area contributed by atoms with Crippen LogP contribution in [-0.2, 0) is 0 Å². The van der Waals surface area contributed by atoms with Crippen LogP contribution in [0.1, 0.15) is 25.3 Å². The summed E-state index contributed by atoms with van der Waals surface area (Å²) in [6, 6.07) is 13.9. The van der Waals surface area contributed by atoms with Crippen LogP contribution in [0.5, 0.6) is 17.4 Å². The molecule has 8 heteroatoms. The van der Waals surface area contributed by atoms with E-state index >= 15 is 0 Å². The van der Waals surface area contributed by atoms with Crippen molar-refractivity contribution in [2.75, 3.05) is 39.5 Å². The van der Waals surface area contributed by atoms with E-state index in [1.165, 1.54) is 19.4 Å². The predicted molar refractivity (Wildman–Crippen MR) is 140 cm³/mol. The third-order valence-corrected chi connectivity index (χ3v) is 7.18. The number of piperidine rings is 1. The molecule has 4 aromatic rings. The zero-order valence-electron chi connectivity index (χ0n) is 20.9. The largest absolute Gasteiger partial charge is 0.491 e. The number of aromatic nitrogens is 3. The van der Waals surface area contributed by atoms with Crippen molar-refractivity contribution in [1.29, 1.82) is 5.26 Å². The molecule has 8 nitrogen and oxygen atoms in total. The van der Waals surface area contributed by atoms with Gasteiger partial charge in [-0.25, -0.2) is 9.97 Å². The van der Waals surface area contributed by atoms with Gasteiger partial charge in [0.15, 0.2) is 5.75 Å². The van der Waals surface area contributed by atoms with E-state index in [0.717, 1.165) is 46.7 Å². The van der Waals surface area contributed by atoms with Crippen LogP contribution < -0.4 is 14.2 Å². The first kappa shape index (κ1) is 23.3. The summed E-state index contributed by atoms with van der Waals surface area (Å²) in [5.74, 6) is 2.42. The maximum atomic E-state index is 9.31. The van der Waals surface area contributed by atoms with Gasteiger partial charge in [-0.05, 0) is 55.8 Å². The molecule has 2 aliphatic heterocycles. The summed E-state index contributed by atoms with van der Waals surface area (Å²) < 4.78 is 20.0. The van der Waals surface area contributed by atoms with Gasteiger partial charge in [0.2, 0.25) is 0 Å². The second-order valence-corrected chi connectivity index (χ2v) is 9.55.